The van der Waals surface area contributed by atoms with E-state index in [9.17, 15) is 0 Å². The lowest BCUT2D eigenvalue weighted by Gasteiger charge is -2.04. The predicted molar refractivity (Wildman–Crippen MR) is 73.4 cm³/mol. The molecule has 0 fully saturated rings. The second kappa shape index (κ2) is 3.95. The van der Waals surface area contributed by atoms with Gasteiger partial charge in [-0.2, -0.15) is 0 Å². The van der Waals surface area contributed by atoms with E-state index in [0.29, 0.717) is 0 Å². The van der Waals surface area contributed by atoms with Crippen LogP contribution < -0.4 is 0 Å². The fourth-order valence-corrected chi connectivity index (χ4v) is 2.15. The average Bonchev–Trinajstić information content (AvgIpc) is 2.78. The Balaban J connectivity index is 2.54. The Morgan fingerprint density at radius 1 is 1.39 bits per heavy atom. The van der Waals surface area contributed by atoms with Crippen molar-refractivity contribution in [1.29, 1.82) is 0 Å². The summed E-state index contributed by atoms with van der Waals surface area (Å²) in [6.07, 6.45) is 3.83. The Kier molecular flexibility index (Phi) is 2.40. The number of fused-ring (bicyclic) bond motifs is 3. The molecule has 0 saturated carbocycles. The zero-order valence-electron chi connectivity index (χ0n) is 10.7. The predicted octanol–water partition coefficient (Wildman–Crippen LogP) is 4.11. The minimum Gasteiger partial charge on any atom is -0.459 e. The van der Waals surface area contributed by atoms with Crippen LogP contribution in [0.5, 0.6) is 0 Å². The largest absolute Gasteiger partial charge is 0.459 e. The van der Waals surface area contributed by atoms with E-state index >= 15 is 0 Å². The molecule has 0 unspecified atom stereocenters. The van der Waals surface area contributed by atoms with Gasteiger partial charge in [0.1, 0.15) is 11.3 Å². The molecule has 0 aliphatic heterocycles. The summed E-state index contributed by atoms with van der Waals surface area (Å²) in [6.45, 7) is 6.03. The van der Waals surface area contributed by atoms with Crippen LogP contribution in [0.1, 0.15) is 25.3 Å². The van der Waals surface area contributed by atoms with Crippen molar-refractivity contribution >= 4 is 27.6 Å². The van der Waals surface area contributed by atoms with Gasteiger partial charge in [-0.15, -0.1) is 0 Å². The molecule has 0 aliphatic carbocycles. The molecule has 0 saturated heterocycles. The third-order valence-corrected chi connectivity index (χ3v) is 3.15. The quantitative estimate of drug-likeness (QED) is 0.640. The Morgan fingerprint density at radius 3 is 3.00 bits per heavy atom. The van der Waals surface area contributed by atoms with Crippen LogP contribution in [-0.2, 0) is 0 Å². The second-order valence-corrected chi connectivity index (χ2v) is 4.40. The van der Waals surface area contributed by atoms with E-state index < -0.39 is 0 Å². The highest BCUT2D eigenvalue weighted by atomic mass is 16.3. The number of furan rings is 1. The second-order valence-electron chi connectivity index (χ2n) is 4.40. The molecule has 0 spiro atoms. The summed E-state index contributed by atoms with van der Waals surface area (Å²) in [5.74, 6) is 0.884. The summed E-state index contributed by atoms with van der Waals surface area (Å²) in [6, 6.07) is 5.89. The maximum absolute atomic E-state index is 5.79. The number of aromatic nitrogens is 2. The fraction of sp³-hybridized carbons (Fsp3) is 0.200. The van der Waals surface area contributed by atoms with Crippen LogP contribution in [0.4, 0.5) is 0 Å². The molecular formula is C15H14N2O. The third kappa shape index (κ3) is 1.51. The van der Waals surface area contributed by atoms with E-state index in [4.69, 9.17) is 9.40 Å². The van der Waals surface area contributed by atoms with E-state index in [2.05, 4.69) is 18.0 Å². The SMILES string of the molecule is C/C=C(\C)c1nc2cccnc2c2oc(C)cc12. The molecule has 3 nitrogen and oxygen atoms in total. The van der Waals surface area contributed by atoms with Gasteiger partial charge < -0.3 is 4.42 Å². The topological polar surface area (TPSA) is 38.9 Å². The maximum Gasteiger partial charge on any atom is 0.164 e. The van der Waals surface area contributed by atoms with Gasteiger partial charge in [0, 0.05) is 11.6 Å². The first-order chi connectivity index (χ1) is 8.70. The Morgan fingerprint density at radius 2 is 2.22 bits per heavy atom. The molecule has 0 bridgehead atoms. The van der Waals surface area contributed by atoms with Gasteiger partial charge in [-0.25, -0.2) is 4.98 Å². The first kappa shape index (κ1) is 11.0. The zero-order valence-corrected chi connectivity index (χ0v) is 10.7. The zero-order chi connectivity index (χ0) is 12.7. The molecule has 0 radical (unpaired) electrons. The van der Waals surface area contributed by atoms with Gasteiger partial charge in [-0.05, 0) is 44.5 Å². The van der Waals surface area contributed by atoms with Crippen LogP contribution in [0.2, 0.25) is 0 Å². The molecule has 0 aromatic carbocycles. The monoisotopic (exact) mass is 238 g/mol. The fourth-order valence-electron chi connectivity index (χ4n) is 2.15. The summed E-state index contributed by atoms with van der Waals surface area (Å²) in [5.41, 5.74) is 4.65. The number of pyridine rings is 2. The molecule has 0 atom stereocenters. The van der Waals surface area contributed by atoms with Crippen LogP contribution in [-0.4, -0.2) is 9.97 Å². The maximum atomic E-state index is 5.79. The first-order valence-corrected chi connectivity index (χ1v) is 5.99. The van der Waals surface area contributed by atoms with E-state index in [-0.39, 0.29) is 0 Å². The van der Waals surface area contributed by atoms with Gasteiger partial charge in [-0.3, -0.25) is 4.98 Å². The smallest absolute Gasteiger partial charge is 0.164 e. The van der Waals surface area contributed by atoms with Crippen molar-refractivity contribution in [3.05, 3.63) is 41.9 Å². The molecule has 3 aromatic heterocycles. The molecule has 3 rings (SSSR count). The molecule has 90 valence electrons. The van der Waals surface area contributed by atoms with Crippen LogP contribution in [0.3, 0.4) is 0 Å². The number of rotatable bonds is 1. The highest BCUT2D eigenvalue weighted by Crippen LogP contribution is 2.30. The highest BCUT2D eigenvalue weighted by Gasteiger charge is 2.13. The Bertz CT molecular complexity index is 769. The summed E-state index contributed by atoms with van der Waals surface area (Å²) in [5, 5.41) is 1.04. The number of hydrogen-bond acceptors (Lipinski definition) is 3. The van der Waals surface area contributed by atoms with E-state index in [1.807, 2.05) is 32.0 Å². The van der Waals surface area contributed by atoms with Crippen molar-refractivity contribution in [1.82, 2.24) is 9.97 Å². The molecule has 0 aliphatic rings. The van der Waals surface area contributed by atoms with E-state index in [1.54, 1.807) is 6.20 Å². The first-order valence-electron chi connectivity index (χ1n) is 5.99. The average molecular weight is 238 g/mol. The summed E-state index contributed by atoms with van der Waals surface area (Å²) in [7, 11) is 0. The summed E-state index contributed by atoms with van der Waals surface area (Å²) < 4.78 is 5.79. The van der Waals surface area contributed by atoms with Gasteiger partial charge in [0.25, 0.3) is 0 Å². The van der Waals surface area contributed by atoms with Crippen molar-refractivity contribution in [3.8, 4) is 0 Å². The van der Waals surface area contributed by atoms with Crippen molar-refractivity contribution in [2.45, 2.75) is 20.8 Å². The summed E-state index contributed by atoms with van der Waals surface area (Å²) >= 11 is 0. The lowest BCUT2D eigenvalue weighted by atomic mass is 10.1. The molecule has 3 aromatic rings. The standard InChI is InChI=1S/C15H14N2O/c1-4-9(2)13-11-8-10(3)18-15(11)14-12(17-13)6-5-7-16-14/h4-8H,1-3H3/b9-4+. The Hall–Kier alpha value is -2.16. The van der Waals surface area contributed by atoms with Gasteiger partial charge in [0.2, 0.25) is 0 Å². The van der Waals surface area contributed by atoms with Crippen LogP contribution >= 0.6 is 0 Å². The lowest BCUT2D eigenvalue weighted by Crippen LogP contribution is -1.90. The number of nitrogens with zero attached hydrogens (tertiary/aromatic N) is 2. The van der Waals surface area contributed by atoms with Crippen molar-refractivity contribution in [3.63, 3.8) is 0 Å². The van der Waals surface area contributed by atoms with Gasteiger partial charge in [0.15, 0.2) is 5.58 Å². The molecule has 0 N–H and O–H groups in total. The van der Waals surface area contributed by atoms with Gasteiger partial charge in [0.05, 0.1) is 11.2 Å². The third-order valence-electron chi connectivity index (χ3n) is 3.15. The number of aryl methyl sites for hydroxylation is 1. The molecule has 18 heavy (non-hydrogen) atoms. The number of allylic oxidation sites excluding steroid dienone is 2. The van der Waals surface area contributed by atoms with E-state index in [1.165, 1.54) is 0 Å². The molecule has 3 heteroatoms. The minimum atomic E-state index is 0.827. The van der Waals surface area contributed by atoms with Crippen molar-refractivity contribution in [2.75, 3.05) is 0 Å². The van der Waals surface area contributed by atoms with Gasteiger partial charge >= 0.3 is 0 Å². The van der Waals surface area contributed by atoms with Crippen molar-refractivity contribution < 1.29 is 4.42 Å². The normalized spacial score (nSPS) is 12.5. The van der Waals surface area contributed by atoms with Gasteiger partial charge in [-0.1, -0.05) is 6.08 Å². The van der Waals surface area contributed by atoms with Crippen LogP contribution in [0.25, 0.3) is 27.6 Å². The number of hydrogen-bond donors (Lipinski definition) is 0. The minimum absolute atomic E-state index is 0.827. The molecule has 3 heterocycles. The Labute approximate surface area is 105 Å². The van der Waals surface area contributed by atoms with Crippen molar-refractivity contribution in [2.24, 2.45) is 0 Å². The van der Waals surface area contributed by atoms with E-state index in [0.717, 1.165) is 39.0 Å². The van der Waals surface area contributed by atoms with Crippen LogP contribution in [0, 0.1) is 6.92 Å². The summed E-state index contributed by atoms with van der Waals surface area (Å²) in [4.78, 5) is 9.07. The highest BCUT2D eigenvalue weighted by molar-refractivity contribution is 6.04. The molecular weight excluding hydrogens is 224 g/mol. The van der Waals surface area contributed by atoms with Crippen LogP contribution in [0.15, 0.2) is 34.9 Å². The lowest BCUT2D eigenvalue weighted by molar-refractivity contribution is 0.580. The molecule has 0 amide bonds.